The molecule has 1 aromatic carbocycles. The van der Waals surface area contributed by atoms with E-state index < -0.39 is 55.7 Å². The van der Waals surface area contributed by atoms with E-state index in [0.29, 0.717) is 4.68 Å². The highest BCUT2D eigenvalue weighted by atomic mass is 35.5. The second-order valence-electron chi connectivity index (χ2n) is 8.60. The first-order chi connectivity index (χ1) is 17.6. The number of aliphatic hydroxyl groups is 1. The number of rotatable bonds is 7. The van der Waals surface area contributed by atoms with E-state index in [4.69, 9.17) is 27.9 Å². The van der Waals surface area contributed by atoms with Gasteiger partial charge in [0.05, 0.1) is 28.0 Å². The largest absolute Gasteiger partial charge is 0.505 e. The lowest BCUT2D eigenvalue weighted by atomic mass is 9.76. The number of alkyl halides is 2. The molecular formula is C21H18Cl2F2N5O7S+. The van der Waals surface area contributed by atoms with Crippen LogP contribution in [0.15, 0.2) is 38.9 Å². The molecule has 0 aliphatic heterocycles. The molecule has 3 N–H and O–H groups in total. The Morgan fingerprint density at radius 3 is 2.42 bits per heavy atom. The summed E-state index contributed by atoms with van der Waals surface area (Å²) in [5, 5.41) is 22.6. The van der Waals surface area contributed by atoms with Gasteiger partial charge in [-0.1, -0.05) is 23.2 Å². The molecule has 1 fully saturated rings. The summed E-state index contributed by atoms with van der Waals surface area (Å²) in [6.07, 6.45) is -2.83. The summed E-state index contributed by atoms with van der Waals surface area (Å²) in [5.41, 5.74) is -4.87. The fourth-order valence-electron chi connectivity index (χ4n) is 3.84. The van der Waals surface area contributed by atoms with Crippen LogP contribution in [0.2, 0.25) is 10.0 Å². The van der Waals surface area contributed by atoms with E-state index in [1.165, 1.54) is 0 Å². The first-order valence-corrected chi connectivity index (χ1v) is 12.8. The number of pyridine rings is 1. The Kier molecular flexibility index (Phi) is 7.07. The minimum atomic E-state index is -4.37. The van der Waals surface area contributed by atoms with Crippen molar-refractivity contribution in [3.63, 3.8) is 0 Å². The van der Waals surface area contributed by atoms with Gasteiger partial charge in [0.2, 0.25) is 5.88 Å². The highest BCUT2D eigenvalue weighted by molar-refractivity contribution is 7.85. The zero-order valence-corrected chi connectivity index (χ0v) is 21.6. The predicted molar refractivity (Wildman–Crippen MR) is 130 cm³/mol. The van der Waals surface area contributed by atoms with Crippen molar-refractivity contribution in [3.8, 4) is 23.1 Å². The van der Waals surface area contributed by atoms with Gasteiger partial charge in [-0.15, -0.1) is 3.98 Å². The molecule has 0 radical (unpaired) electrons. The third-order valence-corrected chi connectivity index (χ3v) is 8.30. The number of aliphatic hydroxyl groups excluding tert-OH is 1. The molecule has 0 bridgehead atoms. The first-order valence-electron chi connectivity index (χ1n) is 10.6. The Morgan fingerprint density at radius 1 is 1.26 bits per heavy atom. The van der Waals surface area contributed by atoms with Gasteiger partial charge < -0.3 is 14.9 Å². The van der Waals surface area contributed by atoms with E-state index >= 15 is 0 Å². The molecule has 0 amide bonds. The number of hydrogen-bond donors (Lipinski definition) is 3. The molecule has 1 aliphatic carbocycles. The van der Waals surface area contributed by atoms with E-state index in [9.17, 15) is 37.0 Å². The van der Waals surface area contributed by atoms with Crippen LogP contribution in [0.5, 0.6) is 17.4 Å². The van der Waals surface area contributed by atoms with Crippen LogP contribution in [-0.2, 0) is 10.0 Å². The third kappa shape index (κ3) is 4.89. The standard InChI is InChI=1S/C21H17Cl2F2N5O7S/c1-21(6-10(31)7-21)29(2)38(35,36)14-5-15(26-8-13(14)32)37-17-11(22)3-9(4-12(17)23)30-20(34)27-19(33)16(28-30)18(24)25/h3-5,8,10,18,31H,2,6-7H2,1H3,(H-,27,32,33,34)/p+1/t10-,21-. The number of nitrogens with one attached hydrogen (secondary N) is 1. The monoisotopic (exact) mass is 592 g/mol. The third-order valence-electron chi connectivity index (χ3n) is 5.84. The smallest absolute Gasteiger partial charge is 0.398 e. The number of aromatic hydroxyl groups is 1. The van der Waals surface area contributed by atoms with Crippen molar-refractivity contribution in [2.45, 2.75) is 42.7 Å². The van der Waals surface area contributed by atoms with Crippen LogP contribution in [0.1, 0.15) is 31.9 Å². The lowest BCUT2D eigenvalue weighted by Gasteiger charge is -2.37. The van der Waals surface area contributed by atoms with Crippen molar-refractivity contribution in [2.75, 3.05) is 0 Å². The van der Waals surface area contributed by atoms with Crippen molar-refractivity contribution in [1.82, 2.24) is 19.7 Å². The lowest BCUT2D eigenvalue weighted by molar-refractivity contribution is -0.487. The number of benzene rings is 1. The lowest BCUT2D eigenvalue weighted by Crippen LogP contribution is -2.54. The fourth-order valence-corrected chi connectivity index (χ4v) is 5.93. The average Bonchev–Trinajstić information content (AvgIpc) is 2.80. The van der Waals surface area contributed by atoms with Gasteiger partial charge in [0, 0.05) is 25.8 Å². The van der Waals surface area contributed by atoms with Gasteiger partial charge in [-0.05, 0) is 12.1 Å². The molecule has 38 heavy (non-hydrogen) atoms. The van der Waals surface area contributed by atoms with Gasteiger partial charge in [0.15, 0.2) is 27.6 Å². The van der Waals surface area contributed by atoms with Crippen LogP contribution in [0, 0.1) is 0 Å². The molecule has 0 atom stereocenters. The van der Waals surface area contributed by atoms with Gasteiger partial charge in [-0.3, -0.25) is 9.78 Å². The number of nitrogens with zero attached hydrogens (tertiary/aromatic N) is 4. The van der Waals surface area contributed by atoms with Crippen molar-refractivity contribution in [3.05, 3.63) is 61.0 Å². The van der Waals surface area contributed by atoms with E-state index in [1.54, 1.807) is 11.9 Å². The van der Waals surface area contributed by atoms with Crippen LogP contribution >= 0.6 is 23.2 Å². The number of ether oxygens (including phenoxy) is 1. The van der Waals surface area contributed by atoms with Crippen molar-refractivity contribution in [2.24, 2.45) is 0 Å². The average molecular weight is 593 g/mol. The van der Waals surface area contributed by atoms with Crippen LogP contribution in [0.25, 0.3) is 5.69 Å². The number of H-pyrrole nitrogens is 1. The summed E-state index contributed by atoms with van der Waals surface area (Å²) >= 11 is 12.4. The van der Waals surface area contributed by atoms with Crippen molar-refractivity contribution in [1.29, 1.82) is 0 Å². The van der Waals surface area contributed by atoms with Gasteiger partial charge in [0.1, 0.15) is 6.72 Å². The summed E-state index contributed by atoms with van der Waals surface area (Å²) in [5.74, 6) is -1.31. The molecule has 1 aliphatic rings. The number of hydrogen-bond acceptors (Lipinski definition) is 9. The Balaban J connectivity index is 1.69. The van der Waals surface area contributed by atoms with Crippen LogP contribution < -0.4 is 16.0 Å². The minimum absolute atomic E-state index is 0.147. The first kappa shape index (κ1) is 27.6. The Labute approximate surface area is 222 Å². The zero-order valence-electron chi connectivity index (χ0n) is 19.2. The summed E-state index contributed by atoms with van der Waals surface area (Å²) in [6.45, 7) is 5.17. The molecule has 2 heterocycles. The molecular weight excluding hydrogens is 575 g/mol. The Bertz CT molecular complexity index is 1660. The van der Waals surface area contributed by atoms with Gasteiger partial charge in [-0.25, -0.2) is 18.6 Å². The zero-order chi connectivity index (χ0) is 28.2. The second-order valence-corrected chi connectivity index (χ2v) is 11.2. The Hall–Kier alpha value is -3.40. The summed E-state index contributed by atoms with van der Waals surface area (Å²) in [7, 11) is -4.37. The molecule has 0 unspecified atom stereocenters. The van der Waals surface area contributed by atoms with Crippen molar-refractivity contribution >= 4 is 39.9 Å². The molecule has 4 rings (SSSR count). The number of halogens is 4. The molecule has 0 spiro atoms. The second kappa shape index (κ2) is 9.72. The topological polar surface area (TPSA) is 167 Å². The van der Waals surface area contributed by atoms with Crippen molar-refractivity contribution < 1.29 is 36.1 Å². The summed E-state index contributed by atoms with van der Waals surface area (Å²) in [6, 6.07) is 3.05. The number of aromatic amines is 1. The van der Waals surface area contributed by atoms with Crippen LogP contribution in [0.3, 0.4) is 0 Å². The molecule has 2 aromatic heterocycles. The van der Waals surface area contributed by atoms with E-state index in [2.05, 4.69) is 16.8 Å². The highest BCUT2D eigenvalue weighted by Gasteiger charge is 2.53. The molecule has 202 valence electrons. The van der Waals surface area contributed by atoms with Crippen LogP contribution in [-0.4, -0.2) is 60.7 Å². The maximum atomic E-state index is 13.1. The van der Waals surface area contributed by atoms with Gasteiger partial charge in [-0.2, -0.15) is 18.2 Å². The minimum Gasteiger partial charge on any atom is -0.505 e. The van der Waals surface area contributed by atoms with Crippen LogP contribution in [0.4, 0.5) is 8.78 Å². The molecule has 0 saturated heterocycles. The molecule has 12 nitrogen and oxygen atoms in total. The van der Waals surface area contributed by atoms with E-state index in [-0.39, 0.29) is 40.2 Å². The molecule has 1 saturated carbocycles. The quantitative estimate of drug-likeness (QED) is 0.275. The molecule has 17 heteroatoms. The van der Waals surface area contributed by atoms with E-state index in [1.807, 2.05) is 0 Å². The maximum Gasteiger partial charge on any atom is 0.398 e. The molecule has 3 aromatic rings. The SMILES string of the molecule is C=[N+]([C@]1(C)C[C@@H](O)C1)S(=O)(=O)c1cc(Oc2c(Cl)cc(-n3nc(C(F)F)c(=O)[nH]c3=O)cc2Cl)ncc1O. The maximum absolute atomic E-state index is 13.1. The summed E-state index contributed by atoms with van der Waals surface area (Å²) < 4.78 is 59.2. The predicted octanol–water partition coefficient (Wildman–Crippen LogP) is 2.37. The fraction of sp³-hybridized carbons (Fsp3) is 0.286. The summed E-state index contributed by atoms with van der Waals surface area (Å²) in [4.78, 5) is 28.6. The normalized spacial score (nSPS) is 19.3. The number of aromatic nitrogens is 4. The van der Waals surface area contributed by atoms with Gasteiger partial charge >= 0.3 is 15.7 Å². The number of sulfonamides is 1. The Morgan fingerprint density at radius 2 is 1.87 bits per heavy atom. The highest BCUT2D eigenvalue weighted by Crippen LogP contribution is 2.41. The van der Waals surface area contributed by atoms with Gasteiger partial charge in [0.25, 0.3) is 12.0 Å². The van der Waals surface area contributed by atoms with E-state index in [0.717, 1.165) is 28.4 Å².